The Kier molecular flexibility index (Phi) is 6.32. The Morgan fingerprint density at radius 1 is 1.09 bits per heavy atom. The van der Waals surface area contributed by atoms with Gasteiger partial charge >= 0.3 is 0 Å². The fraction of sp³-hybridized carbons (Fsp3) is 0.310. The second-order valence-electron chi connectivity index (χ2n) is 9.89. The van der Waals surface area contributed by atoms with Crippen LogP contribution in [0.3, 0.4) is 0 Å². The molecule has 1 amide bonds. The summed E-state index contributed by atoms with van der Waals surface area (Å²) < 4.78 is 0. The van der Waals surface area contributed by atoms with E-state index < -0.39 is 11.5 Å². The number of amides is 1. The summed E-state index contributed by atoms with van der Waals surface area (Å²) in [5.41, 5.74) is 6.34. The van der Waals surface area contributed by atoms with Gasteiger partial charge < -0.3 is 10.0 Å². The van der Waals surface area contributed by atoms with Crippen LogP contribution in [0.25, 0.3) is 0 Å². The van der Waals surface area contributed by atoms with Crippen LogP contribution >= 0.6 is 0 Å². The highest BCUT2D eigenvalue weighted by atomic mass is 16.3. The van der Waals surface area contributed by atoms with E-state index in [0.717, 1.165) is 17.5 Å². The molecule has 0 aliphatic carbocycles. The van der Waals surface area contributed by atoms with E-state index in [4.69, 9.17) is 0 Å². The molecule has 176 valence electrons. The number of rotatable bonds is 5. The molecule has 2 N–H and O–H groups in total. The second-order valence-corrected chi connectivity index (χ2v) is 9.89. The van der Waals surface area contributed by atoms with Crippen molar-refractivity contribution in [2.24, 2.45) is 5.10 Å². The van der Waals surface area contributed by atoms with Crippen LogP contribution in [0, 0.1) is 6.92 Å². The first-order chi connectivity index (χ1) is 16.1. The number of nitrogens with zero attached hydrogens (tertiary/aromatic N) is 2. The SMILES string of the molecule is Cc1cc2c(cc1/C=N\NC(=O)C(O)(c1ccccc1)c1ccccc1)[C@@H](C)CC(C)(C)N2C. The molecule has 3 aromatic rings. The lowest BCUT2D eigenvalue weighted by Crippen LogP contribution is -2.45. The van der Waals surface area contributed by atoms with E-state index >= 15 is 0 Å². The number of aryl methyl sites for hydroxylation is 1. The number of nitrogens with one attached hydrogen (secondary N) is 1. The van der Waals surface area contributed by atoms with E-state index in [-0.39, 0.29) is 5.54 Å². The van der Waals surface area contributed by atoms with Crippen LogP contribution in [0.15, 0.2) is 77.9 Å². The third-order valence-corrected chi connectivity index (χ3v) is 7.10. The smallest absolute Gasteiger partial charge is 0.281 e. The molecule has 1 aliphatic rings. The molecule has 0 aromatic heterocycles. The lowest BCUT2D eigenvalue weighted by molar-refractivity contribution is -0.136. The predicted octanol–water partition coefficient (Wildman–Crippen LogP) is 5.10. The van der Waals surface area contributed by atoms with Gasteiger partial charge in [-0.2, -0.15) is 5.10 Å². The molecule has 34 heavy (non-hydrogen) atoms. The first-order valence-electron chi connectivity index (χ1n) is 11.7. The maximum Gasteiger partial charge on any atom is 0.281 e. The third kappa shape index (κ3) is 4.24. The van der Waals surface area contributed by atoms with Crippen LogP contribution in [0.4, 0.5) is 5.69 Å². The molecule has 3 aromatic carbocycles. The van der Waals surface area contributed by atoms with Gasteiger partial charge in [0.2, 0.25) is 0 Å². The van der Waals surface area contributed by atoms with E-state index in [9.17, 15) is 9.90 Å². The number of benzene rings is 3. The van der Waals surface area contributed by atoms with Gasteiger partial charge in [-0.05, 0) is 73.1 Å². The van der Waals surface area contributed by atoms with Crippen molar-refractivity contribution in [3.05, 3.63) is 101 Å². The average molecular weight is 456 g/mol. The van der Waals surface area contributed by atoms with E-state index in [2.05, 4.69) is 55.4 Å². The lowest BCUT2D eigenvalue weighted by Gasteiger charge is -2.45. The van der Waals surface area contributed by atoms with Gasteiger partial charge in [0.05, 0.1) is 6.21 Å². The average Bonchev–Trinajstić information content (AvgIpc) is 2.83. The molecule has 0 saturated carbocycles. The van der Waals surface area contributed by atoms with Crippen LogP contribution in [-0.2, 0) is 10.4 Å². The summed E-state index contributed by atoms with van der Waals surface area (Å²) in [7, 11) is 2.14. The Balaban J connectivity index is 1.62. The van der Waals surface area contributed by atoms with Crippen LogP contribution in [0.1, 0.15) is 60.9 Å². The van der Waals surface area contributed by atoms with Crippen LogP contribution in [-0.4, -0.2) is 29.8 Å². The molecule has 1 atom stereocenters. The zero-order valence-corrected chi connectivity index (χ0v) is 20.5. The van der Waals surface area contributed by atoms with E-state index in [1.165, 1.54) is 11.3 Å². The number of fused-ring (bicyclic) bond motifs is 1. The van der Waals surface area contributed by atoms with E-state index in [1.807, 2.05) is 19.1 Å². The molecule has 0 saturated heterocycles. The van der Waals surface area contributed by atoms with Crippen molar-refractivity contribution in [1.29, 1.82) is 0 Å². The standard InChI is InChI=1S/C29H33N3O2/c1-20-16-26-25(21(2)18-28(3,4)32(26)5)17-22(20)19-30-31-27(33)29(34,23-12-8-6-9-13-23)24-14-10-7-11-15-24/h6-17,19,21,34H,18H2,1-5H3,(H,31,33)/b30-19-/t21-/m0/s1. The van der Waals surface area contributed by atoms with Crippen LogP contribution in [0.5, 0.6) is 0 Å². The number of hydrogen-bond acceptors (Lipinski definition) is 4. The summed E-state index contributed by atoms with van der Waals surface area (Å²) in [5, 5.41) is 15.8. The van der Waals surface area contributed by atoms with Gasteiger partial charge in [0, 0.05) is 18.3 Å². The highest BCUT2D eigenvalue weighted by Gasteiger charge is 2.40. The minimum absolute atomic E-state index is 0.0990. The number of hydrazone groups is 1. The Morgan fingerprint density at radius 2 is 1.65 bits per heavy atom. The van der Waals surface area contributed by atoms with Crippen molar-refractivity contribution in [2.75, 3.05) is 11.9 Å². The molecular formula is C29H33N3O2. The molecule has 5 heteroatoms. The molecule has 5 nitrogen and oxygen atoms in total. The molecule has 0 fully saturated rings. The monoisotopic (exact) mass is 455 g/mol. The van der Waals surface area contributed by atoms with Gasteiger partial charge in [0.25, 0.3) is 5.91 Å². The number of anilines is 1. The topological polar surface area (TPSA) is 64.9 Å². The number of carbonyl (C=O) groups is 1. The summed E-state index contributed by atoms with van der Waals surface area (Å²) in [6.45, 7) is 8.85. The molecule has 1 heterocycles. The molecular weight excluding hydrogens is 422 g/mol. The summed E-state index contributed by atoms with van der Waals surface area (Å²) in [6, 6.07) is 22.2. The first kappa shape index (κ1) is 23.7. The molecule has 0 radical (unpaired) electrons. The summed E-state index contributed by atoms with van der Waals surface area (Å²) >= 11 is 0. The Bertz CT molecular complexity index is 1160. The zero-order chi connectivity index (χ0) is 24.5. The fourth-order valence-corrected chi connectivity index (χ4v) is 4.90. The van der Waals surface area contributed by atoms with Crippen LogP contribution in [0.2, 0.25) is 0 Å². The van der Waals surface area contributed by atoms with Gasteiger partial charge in [-0.3, -0.25) is 4.79 Å². The quantitative estimate of drug-likeness (QED) is 0.415. The van der Waals surface area contributed by atoms with Gasteiger partial charge in [0.1, 0.15) is 0 Å². The van der Waals surface area contributed by atoms with Gasteiger partial charge in [-0.1, -0.05) is 67.6 Å². The van der Waals surface area contributed by atoms with Crippen molar-refractivity contribution in [2.45, 2.75) is 51.2 Å². The predicted molar refractivity (Wildman–Crippen MR) is 138 cm³/mol. The highest BCUT2D eigenvalue weighted by Crippen LogP contribution is 2.43. The fourth-order valence-electron chi connectivity index (χ4n) is 4.90. The molecule has 1 aliphatic heterocycles. The molecule has 0 unspecified atom stereocenters. The lowest BCUT2D eigenvalue weighted by atomic mass is 9.79. The van der Waals surface area contributed by atoms with E-state index in [1.54, 1.807) is 54.7 Å². The van der Waals surface area contributed by atoms with Gasteiger partial charge in [0.15, 0.2) is 5.60 Å². The van der Waals surface area contributed by atoms with Crippen LogP contribution < -0.4 is 10.3 Å². The molecule has 4 rings (SSSR count). The number of carbonyl (C=O) groups excluding carboxylic acids is 1. The molecule has 0 bridgehead atoms. The molecule has 0 spiro atoms. The van der Waals surface area contributed by atoms with Gasteiger partial charge in [-0.25, -0.2) is 5.43 Å². The zero-order valence-electron chi connectivity index (χ0n) is 20.5. The Morgan fingerprint density at radius 3 is 2.21 bits per heavy atom. The normalized spacial score (nSPS) is 17.5. The first-order valence-corrected chi connectivity index (χ1v) is 11.7. The highest BCUT2D eigenvalue weighted by molar-refractivity contribution is 5.91. The minimum atomic E-state index is -1.85. The van der Waals surface area contributed by atoms with Crippen molar-refractivity contribution in [3.63, 3.8) is 0 Å². The second kappa shape index (κ2) is 9.07. The van der Waals surface area contributed by atoms with Crippen molar-refractivity contribution in [3.8, 4) is 0 Å². The summed E-state index contributed by atoms with van der Waals surface area (Å²) in [5.74, 6) is -0.184. The minimum Gasteiger partial charge on any atom is -0.372 e. The Labute approximate surface area is 202 Å². The van der Waals surface area contributed by atoms with E-state index in [0.29, 0.717) is 17.0 Å². The third-order valence-electron chi connectivity index (χ3n) is 7.10. The number of hydrogen-bond donors (Lipinski definition) is 2. The van der Waals surface area contributed by atoms with Crippen molar-refractivity contribution in [1.82, 2.24) is 5.43 Å². The maximum absolute atomic E-state index is 13.3. The van der Waals surface area contributed by atoms with Gasteiger partial charge in [-0.15, -0.1) is 0 Å². The number of aliphatic hydroxyl groups is 1. The Hall–Kier alpha value is -3.44. The van der Waals surface area contributed by atoms with Crippen molar-refractivity contribution < 1.29 is 9.90 Å². The maximum atomic E-state index is 13.3. The van der Waals surface area contributed by atoms with Crippen molar-refractivity contribution >= 4 is 17.8 Å². The summed E-state index contributed by atoms with van der Waals surface area (Å²) in [4.78, 5) is 15.6. The largest absolute Gasteiger partial charge is 0.372 e. The summed E-state index contributed by atoms with van der Waals surface area (Å²) in [6.07, 6.45) is 2.73.